The van der Waals surface area contributed by atoms with Gasteiger partial charge in [-0.15, -0.1) is 0 Å². The molecule has 0 aliphatic carbocycles. The van der Waals surface area contributed by atoms with Gasteiger partial charge in [-0.25, -0.2) is 8.42 Å². The van der Waals surface area contributed by atoms with Gasteiger partial charge in [0.2, 0.25) is 21.8 Å². The minimum atomic E-state index is -3.64. The van der Waals surface area contributed by atoms with Crippen molar-refractivity contribution in [2.75, 3.05) is 43.4 Å². The SMILES string of the molecule is CCN1CCN(S(=O)(=O)c2ccc3c(c2)NC(=O)C(C)C(=O)N3)CC1. The van der Waals surface area contributed by atoms with Gasteiger partial charge in [0, 0.05) is 26.2 Å². The van der Waals surface area contributed by atoms with Crippen LogP contribution in [0.4, 0.5) is 11.4 Å². The summed E-state index contributed by atoms with van der Waals surface area (Å²) in [6.45, 7) is 6.73. The average molecular weight is 366 g/mol. The molecule has 0 bridgehead atoms. The molecule has 136 valence electrons. The molecule has 0 aromatic heterocycles. The molecule has 1 fully saturated rings. The second-order valence-corrected chi connectivity index (χ2v) is 8.18. The Kier molecular flexibility index (Phi) is 4.81. The quantitative estimate of drug-likeness (QED) is 0.761. The van der Waals surface area contributed by atoms with Crippen LogP contribution in [0.15, 0.2) is 23.1 Å². The van der Waals surface area contributed by atoms with E-state index in [0.29, 0.717) is 37.6 Å². The Morgan fingerprint density at radius 3 is 2.24 bits per heavy atom. The summed E-state index contributed by atoms with van der Waals surface area (Å²) in [6.07, 6.45) is 0. The molecule has 1 aromatic carbocycles. The molecule has 2 aliphatic rings. The zero-order valence-electron chi connectivity index (χ0n) is 14.3. The summed E-state index contributed by atoms with van der Waals surface area (Å²) in [5, 5.41) is 5.26. The van der Waals surface area contributed by atoms with Crippen LogP contribution in [0.3, 0.4) is 0 Å². The van der Waals surface area contributed by atoms with Crippen LogP contribution >= 0.6 is 0 Å². The first-order valence-electron chi connectivity index (χ1n) is 8.31. The average Bonchev–Trinajstić information content (AvgIpc) is 2.71. The number of nitrogens with one attached hydrogen (secondary N) is 2. The molecule has 0 radical (unpaired) electrons. The fourth-order valence-corrected chi connectivity index (χ4v) is 4.38. The first-order chi connectivity index (χ1) is 11.8. The van der Waals surface area contributed by atoms with Crippen LogP contribution < -0.4 is 10.6 Å². The highest BCUT2D eigenvalue weighted by Gasteiger charge is 2.31. The van der Waals surface area contributed by atoms with Crippen molar-refractivity contribution in [3.05, 3.63) is 18.2 Å². The lowest BCUT2D eigenvalue weighted by molar-refractivity contribution is -0.128. The largest absolute Gasteiger partial charge is 0.324 e. The topological polar surface area (TPSA) is 98.8 Å². The van der Waals surface area contributed by atoms with Crippen molar-refractivity contribution in [1.82, 2.24) is 9.21 Å². The number of fused-ring (bicyclic) bond motifs is 1. The molecule has 25 heavy (non-hydrogen) atoms. The number of hydrogen-bond donors (Lipinski definition) is 2. The van der Waals surface area contributed by atoms with Gasteiger partial charge in [-0.1, -0.05) is 6.92 Å². The van der Waals surface area contributed by atoms with Crippen molar-refractivity contribution >= 4 is 33.2 Å². The van der Waals surface area contributed by atoms with E-state index in [4.69, 9.17) is 0 Å². The van der Waals surface area contributed by atoms with Crippen molar-refractivity contribution < 1.29 is 18.0 Å². The number of hydrogen-bond acceptors (Lipinski definition) is 5. The van der Waals surface area contributed by atoms with Gasteiger partial charge in [-0.3, -0.25) is 9.59 Å². The molecular weight excluding hydrogens is 344 g/mol. The Labute approximate surface area is 147 Å². The highest BCUT2D eigenvalue weighted by atomic mass is 32.2. The Balaban J connectivity index is 1.88. The van der Waals surface area contributed by atoms with Crippen LogP contribution in [-0.2, 0) is 19.6 Å². The molecule has 2 amide bonds. The number of rotatable bonds is 3. The molecule has 2 heterocycles. The standard InChI is InChI=1S/C16H22N4O4S/c1-3-19-6-8-20(9-7-19)25(23,24)12-4-5-13-14(10-12)18-16(22)11(2)15(21)17-13/h4-5,10-11H,3,6-9H2,1-2H3,(H,17,21)(H,18,22). The van der Waals surface area contributed by atoms with Crippen molar-refractivity contribution in [2.45, 2.75) is 18.7 Å². The summed E-state index contributed by atoms with van der Waals surface area (Å²) in [6, 6.07) is 4.39. The first-order valence-corrected chi connectivity index (χ1v) is 9.75. The maximum Gasteiger partial charge on any atom is 0.243 e. The number of nitrogens with zero attached hydrogens (tertiary/aromatic N) is 2. The van der Waals surface area contributed by atoms with E-state index in [0.717, 1.165) is 6.54 Å². The smallest absolute Gasteiger partial charge is 0.243 e. The summed E-state index contributed by atoms with van der Waals surface area (Å²) >= 11 is 0. The summed E-state index contributed by atoms with van der Waals surface area (Å²) in [5.41, 5.74) is 0.702. The zero-order valence-corrected chi connectivity index (χ0v) is 15.1. The van der Waals surface area contributed by atoms with Crippen molar-refractivity contribution in [2.24, 2.45) is 5.92 Å². The predicted molar refractivity (Wildman–Crippen MR) is 93.7 cm³/mol. The third-order valence-corrected chi connectivity index (χ3v) is 6.60. The second kappa shape index (κ2) is 6.74. The molecule has 0 spiro atoms. The lowest BCUT2D eigenvalue weighted by atomic mass is 10.1. The van der Waals surface area contributed by atoms with Gasteiger partial charge in [-0.05, 0) is 31.7 Å². The second-order valence-electron chi connectivity index (χ2n) is 6.25. The van der Waals surface area contributed by atoms with Gasteiger partial charge in [0.25, 0.3) is 0 Å². The van der Waals surface area contributed by atoms with E-state index in [1.54, 1.807) is 0 Å². The van der Waals surface area contributed by atoms with Gasteiger partial charge >= 0.3 is 0 Å². The summed E-state index contributed by atoms with van der Waals surface area (Å²) in [7, 11) is -3.64. The molecule has 2 aliphatic heterocycles. The number of carbonyl (C=O) groups is 2. The molecule has 1 unspecified atom stereocenters. The zero-order chi connectivity index (χ0) is 18.2. The molecule has 9 heteroatoms. The van der Waals surface area contributed by atoms with Gasteiger partial charge in [0.05, 0.1) is 16.3 Å². The monoisotopic (exact) mass is 366 g/mol. The van der Waals surface area contributed by atoms with Crippen LogP contribution in [0.25, 0.3) is 0 Å². The third kappa shape index (κ3) is 3.39. The highest BCUT2D eigenvalue weighted by Crippen LogP contribution is 2.30. The predicted octanol–water partition coefficient (Wildman–Crippen LogP) is 0.539. The molecular formula is C16H22N4O4S. The Morgan fingerprint density at radius 2 is 1.64 bits per heavy atom. The molecule has 8 nitrogen and oxygen atoms in total. The van der Waals surface area contributed by atoms with Crippen LogP contribution in [0.1, 0.15) is 13.8 Å². The van der Waals surface area contributed by atoms with E-state index < -0.39 is 27.8 Å². The third-order valence-electron chi connectivity index (χ3n) is 4.71. The first kappa shape index (κ1) is 17.8. The molecule has 3 rings (SSSR count). The van der Waals surface area contributed by atoms with E-state index in [-0.39, 0.29) is 4.90 Å². The number of sulfonamides is 1. The van der Waals surface area contributed by atoms with Gasteiger partial charge in [0.1, 0.15) is 5.92 Å². The minimum Gasteiger partial charge on any atom is -0.324 e. The number of piperazine rings is 1. The highest BCUT2D eigenvalue weighted by molar-refractivity contribution is 7.89. The van der Waals surface area contributed by atoms with Crippen LogP contribution in [-0.4, -0.2) is 62.2 Å². The fraction of sp³-hybridized carbons (Fsp3) is 0.500. The summed E-state index contributed by atoms with van der Waals surface area (Å²) in [4.78, 5) is 26.2. The van der Waals surface area contributed by atoms with E-state index in [1.165, 1.54) is 29.4 Å². The van der Waals surface area contributed by atoms with Crippen LogP contribution in [0, 0.1) is 5.92 Å². The number of benzene rings is 1. The fourth-order valence-electron chi connectivity index (χ4n) is 2.93. The van der Waals surface area contributed by atoms with Crippen LogP contribution in [0.2, 0.25) is 0 Å². The van der Waals surface area contributed by atoms with E-state index in [1.807, 2.05) is 0 Å². The van der Waals surface area contributed by atoms with Crippen molar-refractivity contribution in [3.63, 3.8) is 0 Å². The van der Waals surface area contributed by atoms with Gasteiger partial charge in [0.15, 0.2) is 0 Å². The molecule has 1 saturated heterocycles. The van der Waals surface area contributed by atoms with Crippen LogP contribution in [0.5, 0.6) is 0 Å². The minimum absolute atomic E-state index is 0.111. The number of amides is 2. The maximum atomic E-state index is 12.9. The number of anilines is 2. The van der Waals surface area contributed by atoms with E-state index in [2.05, 4.69) is 22.5 Å². The number of likely N-dealkylation sites (N-methyl/N-ethyl adjacent to an activating group) is 1. The summed E-state index contributed by atoms with van der Waals surface area (Å²) in [5.74, 6) is -1.71. The van der Waals surface area contributed by atoms with Crippen molar-refractivity contribution in [1.29, 1.82) is 0 Å². The maximum absolute atomic E-state index is 12.9. The molecule has 2 N–H and O–H groups in total. The number of carbonyl (C=O) groups excluding carboxylic acids is 2. The van der Waals surface area contributed by atoms with Crippen molar-refractivity contribution in [3.8, 4) is 0 Å². The normalized spacial score (nSPS) is 22.7. The Morgan fingerprint density at radius 1 is 1.04 bits per heavy atom. The van der Waals surface area contributed by atoms with E-state index >= 15 is 0 Å². The summed E-state index contributed by atoms with van der Waals surface area (Å²) < 4.78 is 27.2. The molecule has 1 aromatic rings. The lowest BCUT2D eigenvalue weighted by Crippen LogP contribution is -2.48. The van der Waals surface area contributed by atoms with Gasteiger partial charge in [-0.2, -0.15) is 4.31 Å². The molecule has 0 saturated carbocycles. The molecule has 1 atom stereocenters. The Hall–Kier alpha value is -1.97. The van der Waals surface area contributed by atoms with Gasteiger partial charge < -0.3 is 15.5 Å². The van der Waals surface area contributed by atoms with E-state index in [9.17, 15) is 18.0 Å². The Bertz CT molecular complexity index is 800. The lowest BCUT2D eigenvalue weighted by Gasteiger charge is -2.33.